The third-order valence-electron chi connectivity index (χ3n) is 14.8. The molecule has 12 nitrogen and oxygen atoms in total. The summed E-state index contributed by atoms with van der Waals surface area (Å²) in [5.41, 5.74) is 1.64. The van der Waals surface area contributed by atoms with Crippen molar-refractivity contribution in [3.05, 3.63) is 58.1 Å². The summed E-state index contributed by atoms with van der Waals surface area (Å²) in [5, 5.41) is 22.0. The van der Waals surface area contributed by atoms with Gasteiger partial charge in [0.2, 0.25) is 5.91 Å². The number of carboxylic acids is 1. The summed E-state index contributed by atoms with van der Waals surface area (Å²) >= 11 is 1.37. The number of aliphatic hydroxyl groups excluding tert-OH is 1. The Balaban J connectivity index is 0.000000154. The van der Waals surface area contributed by atoms with Gasteiger partial charge >= 0.3 is 11.6 Å². The Kier molecular flexibility index (Phi) is 9.01. The number of rotatable bonds is 6. The lowest BCUT2D eigenvalue weighted by Gasteiger charge is -2.61. The van der Waals surface area contributed by atoms with E-state index >= 15 is 0 Å². The Morgan fingerprint density at radius 2 is 1.67 bits per heavy atom. The lowest BCUT2D eigenvalue weighted by atomic mass is 9.44. The average Bonchev–Trinajstić information content (AvgIpc) is 3.72. The zero-order chi connectivity index (χ0) is 38.5. The van der Waals surface area contributed by atoms with Crippen molar-refractivity contribution in [2.75, 3.05) is 14.2 Å². The van der Waals surface area contributed by atoms with Gasteiger partial charge in [0.1, 0.15) is 40.1 Å². The molecule has 4 saturated carbocycles. The molecule has 3 saturated heterocycles. The number of methoxy groups -OCH3 is 2. The van der Waals surface area contributed by atoms with Crippen LogP contribution in [0.5, 0.6) is 11.5 Å². The van der Waals surface area contributed by atoms with E-state index in [-0.39, 0.29) is 28.3 Å². The second kappa shape index (κ2) is 13.0. The normalized spacial score (nSPS) is 40.6. The molecule has 1 spiro atoms. The van der Waals surface area contributed by atoms with E-state index in [1.165, 1.54) is 68.5 Å². The van der Waals surface area contributed by atoms with E-state index in [0.717, 1.165) is 25.2 Å². The molecule has 1 aromatic carbocycles. The summed E-state index contributed by atoms with van der Waals surface area (Å²) in [4.78, 5) is 49.6. The van der Waals surface area contributed by atoms with Crippen LogP contribution in [0.25, 0.3) is 0 Å². The number of nitrogens with one attached hydrogen (secondary N) is 1. The van der Waals surface area contributed by atoms with Crippen LogP contribution in [-0.2, 0) is 14.3 Å². The number of carbonyl (C=O) groups is 3. The van der Waals surface area contributed by atoms with Crippen LogP contribution in [0.4, 0.5) is 0 Å². The number of benzene rings is 1. The molecule has 3 N–H and O–H groups in total. The molecule has 3 aliphatic heterocycles. The molecule has 4 aliphatic carbocycles. The lowest BCUT2D eigenvalue weighted by Crippen LogP contribution is -2.70. The summed E-state index contributed by atoms with van der Waals surface area (Å²) in [6.07, 6.45) is 11.1. The van der Waals surface area contributed by atoms with Crippen LogP contribution in [0.15, 0.2) is 45.8 Å². The minimum absolute atomic E-state index is 0.0285. The highest BCUT2D eigenvalue weighted by atomic mass is 32.2. The number of nitrogens with zero attached hydrogens (tertiary/aromatic N) is 1. The molecular formula is C41H52N2O10S. The van der Waals surface area contributed by atoms with E-state index in [1.54, 1.807) is 44.4 Å². The van der Waals surface area contributed by atoms with Crippen molar-refractivity contribution in [3.63, 3.8) is 0 Å². The third kappa shape index (κ3) is 5.38. The fraction of sp³-hybridized carbons (Fsp3) is 0.659. The molecule has 7 aliphatic rings. The van der Waals surface area contributed by atoms with Gasteiger partial charge in [-0.1, -0.05) is 19.9 Å². The number of ether oxygens (including phenoxy) is 3. The summed E-state index contributed by atoms with van der Waals surface area (Å²) in [7, 11) is 2.88. The maximum atomic E-state index is 12.8. The number of aliphatic carboxylic acids is 1. The molecule has 54 heavy (non-hydrogen) atoms. The minimum atomic E-state index is -1.05. The lowest BCUT2D eigenvalue weighted by molar-refractivity contribution is -0.159. The average molecular weight is 765 g/mol. The fourth-order valence-electron chi connectivity index (χ4n) is 12.2. The molecule has 0 unspecified atom stereocenters. The number of carboxylic acid groups (broad SMARTS) is 1. The Morgan fingerprint density at radius 3 is 2.31 bits per heavy atom. The second-order valence-electron chi connectivity index (χ2n) is 17.5. The minimum Gasteiger partial charge on any atom is -0.496 e. The molecule has 2 amide bonds. The van der Waals surface area contributed by atoms with Crippen molar-refractivity contribution in [3.8, 4) is 11.5 Å². The molecular weight excluding hydrogens is 713 g/mol. The molecule has 4 heterocycles. The first-order valence-electron chi connectivity index (χ1n) is 19.3. The summed E-state index contributed by atoms with van der Waals surface area (Å²) in [5.74, 6) is 1.18. The Labute approximate surface area is 319 Å². The van der Waals surface area contributed by atoms with Gasteiger partial charge in [-0.3, -0.25) is 9.59 Å². The van der Waals surface area contributed by atoms with Crippen molar-refractivity contribution in [2.45, 2.75) is 125 Å². The number of aliphatic hydroxyl groups is 1. The van der Waals surface area contributed by atoms with Gasteiger partial charge in [0.15, 0.2) is 0 Å². The van der Waals surface area contributed by atoms with E-state index in [9.17, 15) is 29.4 Å². The van der Waals surface area contributed by atoms with Gasteiger partial charge in [0.05, 0.1) is 32.7 Å². The van der Waals surface area contributed by atoms with E-state index in [4.69, 9.17) is 18.6 Å². The fourth-order valence-corrected chi connectivity index (χ4v) is 13.8. The molecule has 0 bridgehead atoms. The van der Waals surface area contributed by atoms with Crippen molar-refractivity contribution in [1.29, 1.82) is 0 Å². The van der Waals surface area contributed by atoms with Gasteiger partial charge in [-0.25, -0.2) is 9.59 Å². The smallest absolute Gasteiger partial charge is 0.335 e. The van der Waals surface area contributed by atoms with Crippen molar-refractivity contribution < 1.29 is 43.2 Å². The van der Waals surface area contributed by atoms with Gasteiger partial charge in [-0.05, 0) is 118 Å². The van der Waals surface area contributed by atoms with Gasteiger partial charge < -0.3 is 39.1 Å². The number of thioether (sulfide) groups is 1. The quantitative estimate of drug-likeness (QED) is 0.261. The zero-order valence-corrected chi connectivity index (χ0v) is 32.6. The number of β-lactam (4-membered cyclic amide) rings is 1. The molecule has 0 radical (unpaired) electrons. The molecule has 7 fully saturated rings. The Hall–Kier alpha value is -3.55. The SMILES string of the molecule is COc1cccc(OC)c1C(=O)N[C@@H]1C(=O)N2[C@@H]1SC(C)(C)[C@@H]2C(=O)O.C[C@]12CC[C@H](O)C[C@H]1CC[C@@H]1[C@@H]2CC[C@]2(C)[C@@H](c3ccc(=O)oc3)C[C@H]3O[C@]132. The van der Waals surface area contributed by atoms with E-state index < -0.39 is 40.0 Å². The Morgan fingerprint density at radius 1 is 0.944 bits per heavy atom. The number of amides is 2. The highest BCUT2D eigenvalue weighted by Gasteiger charge is 2.80. The number of carbonyl (C=O) groups excluding carboxylic acids is 2. The van der Waals surface area contributed by atoms with E-state index in [0.29, 0.717) is 40.8 Å². The maximum absolute atomic E-state index is 12.8. The van der Waals surface area contributed by atoms with Crippen LogP contribution >= 0.6 is 11.8 Å². The maximum Gasteiger partial charge on any atom is 0.335 e. The predicted octanol–water partition coefficient (Wildman–Crippen LogP) is 5.21. The van der Waals surface area contributed by atoms with Crippen LogP contribution in [0.3, 0.4) is 0 Å². The predicted molar refractivity (Wildman–Crippen MR) is 199 cm³/mol. The van der Waals surface area contributed by atoms with Gasteiger partial charge in [0.25, 0.3) is 5.91 Å². The van der Waals surface area contributed by atoms with Crippen molar-refractivity contribution >= 4 is 29.5 Å². The first-order valence-corrected chi connectivity index (χ1v) is 20.2. The monoisotopic (exact) mass is 764 g/mol. The number of hydrogen-bond donors (Lipinski definition) is 3. The molecule has 12 atom stereocenters. The standard InChI is InChI=1S/C24H32O4.C17H20N2O6S/c1-22-9-7-16(25)11-15(22)4-5-18-17(22)8-10-23(2)19(12-20-24(18,23)28-20)14-3-6-21(26)27-13-14;1-17(2)12(16(22)23)19-14(21)11(15(19)26-17)18-13(20)10-8(24-3)6-5-7-9(10)25-4/h3,6,13,15-20,25H,4-5,7-12H2,1-2H3;5-7,11-12,15H,1-4H3,(H,18,20)(H,22,23)/t15-,16+,17+,18-,19-,20-,22+,23-,24-;11-,12+,15-/m11/s1. The summed E-state index contributed by atoms with van der Waals surface area (Å²) in [6, 6.07) is 6.79. The van der Waals surface area contributed by atoms with E-state index in [1.807, 2.05) is 6.07 Å². The van der Waals surface area contributed by atoms with Gasteiger partial charge in [-0.2, -0.15) is 0 Å². The van der Waals surface area contributed by atoms with Crippen LogP contribution in [0.1, 0.15) is 101 Å². The zero-order valence-electron chi connectivity index (χ0n) is 31.8. The largest absolute Gasteiger partial charge is 0.496 e. The highest BCUT2D eigenvalue weighted by Crippen LogP contribution is 2.78. The van der Waals surface area contributed by atoms with Crippen LogP contribution < -0.4 is 20.4 Å². The number of fused-ring (bicyclic) bond motifs is 4. The summed E-state index contributed by atoms with van der Waals surface area (Å²) < 4.78 is 21.6. The number of epoxide rings is 1. The van der Waals surface area contributed by atoms with Gasteiger partial charge in [0, 0.05) is 16.2 Å². The van der Waals surface area contributed by atoms with E-state index in [2.05, 4.69) is 19.2 Å². The topological polar surface area (TPSA) is 168 Å². The first kappa shape index (κ1) is 37.4. The second-order valence-corrected chi connectivity index (χ2v) is 19.3. The van der Waals surface area contributed by atoms with Crippen molar-refractivity contribution in [2.24, 2.45) is 28.6 Å². The Bertz CT molecular complexity index is 1870. The first-order chi connectivity index (χ1) is 25.6. The summed E-state index contributed by atoms with van der Waals surface area (Å²) in [6.45, 7) is 8.54. The van der Waals surface area contributed by atoms with Crippen LogP contribution in [0, 0.1) is 28.6 Å². The highest BCUT2D eigenvalue weighted by molar-refractivity contribution is 8.01. The van der Waals surface area contributed by atoms with Crippen LogP contribution in [0.2, 0.25) is 0 Å². The molecule has 1 aromatic heterocycles. The molecule has 292 valence electrons. The molecule has 9 rings (SSSR count). The van der Waals surface area contributed by atoms with Crippen molar-refractivity contribution in [1.82, 2.24) is 10.2 Å². The molecule has 2 aromatic rings. The molecule has 13 heteroatoms. The van der Waals surface area contributed by atoms with Gasteiger partial charge in [-0.15, -0.1) is 11.8 Å². The van der Waals surface area contributed by atoms with Crippen LogP contribution in [-0.4, -0.2) is 87.1 Å². The third-order valence-corrected chi connectivity index (χ3v) is 16.4. The number of hydrogen-bond acceptors (Lipinski definition) is 10.